The molecule has 0 saturated heterocycles. The zero-order valence-corrected chi connectivity index (χ0v) is 14.0. The number of thiol groups is 1. The van der Waals surface area contributed by atoms with Crippen LogP contribution in [0.15, 0.2) is 26.1 Å². The molecule has 18 heavy (non-hydrogen) atoms. The van der Waals surface area contributed by atoms with Crippen LogP contribution in [0.3, 0.4) is 0 Å². The Hall–Kier alpha value is -0.000000000000000111. The fraction of sp³-hybridized carbons (Fsp3) is 0.462. The molecule has 2 rings (SSSR count). The smallest absolute Gasteiger partial charge is 0.0548 e. The summed E-state index contributed by atoms with van der Waals surface area (Å²) in [5.41, 5.74) is 7.72. The van der Waals surface area contributed by atoms with Crippen LogP contribution in [0.5, 0.6) is 0 Å². The lowest BCUT2D eigenvalue weighted by Gasteiger charge is -2.22. The van der Waals surface area contributed by atoms with Crippen molar-refractivity contribution >= 4 is 56.4 Å². The molecule has 0 spiro atoms. The molecule has 0 atom stereocenters. The van der Waals surface area contributed by atoms with Gasteiger partial charge in [0.05, 0.1) is 11.7 Å². The van der Waals surface area contributed by atoms with Gasteiger partial charge in [-0.2, -0.15) is 12.6 Å². The lowest BCUT2D eigenvalue weighted by atomic mass is 9.95. The van der Waals surface area contributed by atoms with Gasteiger partial charge in [0.1, 0.15) is 0 Å². The van der Waals surface area contributed by atoms with Crippen molar-refractivity contribution in [2.75, 3.05) is 5.73 Å². The van der Waals surface area contributed by atoms with Crippen LogP contribution in [0.2, 0.25) is 0 Å². The topological polar surface area (TPSA) is 38.4 Å². The zero-order chi connectivity index (χ0) is 13.1. The molecule has 0 radical (unpaired) electrons. The number of hydrogen-bond acceptors (Lipinski definition) is 3. The SMILES string of the molecule is Nc1c(Br)cc(Br)cc1C=NC1CCC(S)CC1. The van der Waals surface area contributed by atoms with Gasteiger partial charge in [-0.3, -0.25) is 4.99 Å². The average molecular weight is 392 g/mol. The summed E-state index contributed by atoms with van der Waals surface area (Å²) in [6.45, 7) is 0. The maximum atomic E-state index is 6.02. The number of benzene rings is 1. The van der Waals surface area contributed by atoms with Crippen molar-refractivity contribution in [2.24, 2.45) is 4.99 Å². The Labute approximate surface area is 130 Å². The predicted octanol–water partition coefficient (Wildman–Crippen LogP) is 4.45. The Balaban J connectivity index is 2.09. The Morgan fingerprint density at radius 3 is 2.56 bits per heavy atom. The minimum Gasteiger partial charge on any atom is -0.397 e. The van der Waals surface area contributed by atoms with E-state index in [1.54, 1.807) is 0 Å². The van der Waals surface area contributed by atoms with Gasteiger partial charge < -0.3 is 5.73 Å². The molecule has 98 valence electrons. The van der Waals surface area contributed by atoms with Crippen molar-refractivity contribution in [1.29, 1.82) is 0 Å². The summed E-state index contributed by atoms with van der Waals surface area (Å²) >= 11 is 11.4. The Kier molecular flexibility index (Phi) is 5.15. The molecule has 1 fully saturated rings. The predicted molar refractivity (Wildman–Crippen MR) is 88.9 cm³/mol. The monoisotopic (exact) mass is 390 g/mol. The van der Waals surface area contributed by atoms with Gasteiger partial charge in [-0.05, 0) is 53.7 Å². The maximum absolute atomic E-state index is 6.02. The van der Waals surface area contributed by atoms with E-state index in [0.717, 1.165) is 45.9 Å². The van der Waals surface area contributed by atoms with Crippen molar-refractivity contribution in [3.8, 4) is 0 Å². The van der Waals surface area contributed by atoms with Crippen LogP contribution in [-0.2, 0) is 0 Å². The average Bonchev–Trinajstić information content (AvgIpc) is 2.34. The molecule has 1 aromatic rings. The number of anilines is 1. The molecule has 5 heteroatoms. The van der Waals surface area contributed by atoms with Gasteiger partial charge in [0.15, 0.2) is 0 Å². The lowest BCUT2D eigenvalue weighted by molar-refractivity contribution is 0.455. The van der Waals surface area contributed by atoms with E-state index in [4.69, 9.17) is 5.73 Å². The van der Waals surface area contributed by atoms with Crippen LogP contribution in [0.1, 0.15) is 31.2 Å². The highest BCUT2D eigenvalue weighted by Crippen LogP contribution is 2.28. The molecule has 0 bridgehead atoms. The molecule has 0 aliphatic heterocycles. The molecule has 0 aromatic heterocycles. The number of hydrogen-bond donors (Lipinski definition) is 2. The molecular weight excluding hydrogens is 376 g/mol. The molecule has 0 heterocycles. The first-order valence-corrected chi connectivity index (χ1v) is 8.12. The molecule has 1 aliphatic rings. The first kappa shape index (κ1) is 14.4. The van der Waals surface area contributed by atoms with Gasteiger partial charge in [0, 0.05) is 26.0 Å². The summed E-state index contributed by atoms with van der Waals surface area (Å²) in [4.78, 5) is 4.65. The highest BCUT2D eigenvalue weighted by Gasteiger charge is 2.17. The van der Waals surface area contributed by atoms with E-state index in [0.29, 0.717) is 11.3 Å². The third-order valence-corrected chi connectivity index (χ3v) is 4.85. The number of rotatable bonds is 2. The first-order chi connectivity index (χ1) is 8.56. The molecule has 2 nitrogen and oxygen atoms in total. The highest BCUT2D eigenvalue weighted by atomic mass is 79.9. The van der Waals surface area contributed by atoms with Gasteiger partial charge in [-0.25, -0.2) is 0 Å². The van der Waals surface area contributed by atoms with Crippen LogP contribution >= 0.6 is 44.5 Å². The van der Waals surface area contributed by atoms with Crippen molar-refractivity contribution in [3.05, 3.63) is 26.6 Å². The number of halogens is 2. The molecule has 1 saturated carbocycles. The van der Waals surface area contributed by atoms with Crippen LogP contribution in [-0.4, -0.2) is 17.5 Å². The third-order valence-electron chi connectivity index (χ3n) is 3.22. The Morgan fingerprint density at radius 1 is 1.22 bits per heavy atom. The van der Waals surface area contributed by atoms with Crippen molar-refractivity contribution in [1.82, 2.24) is 0 Å². The number of nitrogens with zero attached hydrogens (tertiary/aromatic N) is 1. The first-order valence-electron chi connectivity index (χ1n) is 6.02. The summed E-state index contributed by atoms with van der Waals surface area (Å²) in [6.07, 6.45) is 6.46. The minimum atomic E-state index is 0.422. The van der Waals surface area contributed by atoms with Crippen molar-refractivity contribution in [3.63, 3.8) is 0 Å². The van der Waals surface area contributed by atoms with E-state index < -0.39 is 0 Å². The number of nitrogen functional groups attached to an aromatic ring is 1. The molecule has 0 amide bonds. The van der Waals surface area contributed by atoms with Crippen molar-refractivity contribution in [2.45, 2.75) is 37.0 Å². The molecule has 1 aromatic carbocycles. The fourth-order valence-corrected chi connectivity index (χ4v) is 3.66. The maximum Gasteiger partial charge on any atom is 0.0548 e. The second-order valence-corrected chi connectivity index (χ2v) is 7.13. The van der Waals surface area contributed by atoms with Crippen LogP contribution in [0.4, 0.5) is 5.69 Å². The van der Waals surface area contributed by atoms with E-state index in [1.165, 1.54) is 0 Å². The highest BCUT2D eigenvalue weighted by molar-refractivity contribution is 9.11. The van der Waals surface area contributed by atoms with Crippen LogP contribution < -0.4 is 5.73 Å². The standard InChI is InChI=1S/C13H16Br2N2S/c14-9-5-8(13(16)12(15)6-9)7-17-10-1-3-11(18)4-2-10/h5-7,10-11,18H,1-4,16H2. The summed E-state index contributed by atoms with van der Waals surface area (Å²) in [5.74, 6) is 0. The largest absolute Gasteiger partial charge is 0.397 e. The summed E-state index contributed by atoms with van der Waals surface area (Å²) < 4.78 is 1.90. The molecule has 0 unspecified atom stereocenters. The van der Waals surface area contributed by atoms with Crippen molar-refractivity contribution < 1.29 is 0 Å². The molecule has 1 aliphatic carbocycles. The number of aliphatic imine (C=N–C) groups is 1. The van der Waals surface area contributed by atoms with Gasteiger partial charge in [-0.15, -0.1) is 0 Å². The van der Waals surface area contributed by atoms with Crippen LogP contribution in [0, 0.1) is 0 Å². The van der Waals surface area contributed by atoms with Gasteiger partial charge in [0.25, 0.3) is 0 Å². The van der Waals surface area contributed by atoms with Gasteiger partial charge in [-0.1, -0.05) is 15.9 Å². The fourth-order valence-electron chi connectivity index (χ4n) is 2.10. The molecular formula is C13H16Br2N2S. The van der Waals surface area contributed by atoms with E-state index in [-0.39, 0.29) is 0 Å². The van der Waals surface area contributed by atoms with Crippen LogP contribution in [0.25, 0.3) is 0 Å². The van der Waals surface area contributed by atoms with Gasteiger partial charge in [0.2, 0.25) is 0 Å². The quantitative estimate of drug-likeness (QED) is 0.436. The normalized spacial score (nSPS) is 24.6. The second kappa shape index (κ2) is 6.44. The van der Waals surface area contributed by atoms with E-state index in [2.05, 4.69) is 49.5 Å². The zero-order valence-electron chi connectivity index (χ0n) is 9.94. The number of nitrogens with two attached hydrogens (primary N) is 1. The summed E-state index contributed by atoms with van der Waals surface area (Å²) in [6, 6.07) is 4.36. The third kappa shape index (κ3) is 3.75. The van der Waals surface area contributed by atoms with E-state index in [9.17, 15) is 0 Å². The summed E-state index contributed by atoms with van der Waals surface area (Å²) in [5, 5.41) is 0.557. The lowest BCUT2D eigenvalue weighted by Crippen LogP contribution is -2.17. The Morgan fingerprint density at radius 2 is 1.89 bits per heavy atom. The van der Waals surface area contributed by atoms with Gasteiger partial charge >= 0.3 is 0 Å². The second-order valence-electron chi connectivity index (χ2n) is 4.63. The van der Waals surface area contributed by atoms with E-state index in [1.807, 2.05) is 18.3 Å². The summed E-state index contributed by atoms with van der Waals surface area (Å²) in [7, 11) is 0. The minimum absolute atomic E-state index is 0.422. The Bertz CT molecular complexity index is 455. The molecule has 2 N–H and O–H groups in total. The van der Waals surface area contributed by atoms with E-state index >= 15 is 0 Å².